The minimum atomic E-state index is -4.04. The lowest BCUT2D eigenvalue weighted by molar-refractivity contribution is -0.136. The predicted molar refractivity (Wildman–Crippen MR) is 234 cm³/mol. The third kappa shape index (κ3) is 25.4. The number of aromatic amines is 1. The van der Waals surface area contributed by atoms with Gasteiger partial charge in [0.2, 0.25) is 5.09 Å². The van der Waals surface area contributed by atoms with E-state index >= 15 is 0 Å². The number of aryl methyl sites for hydroxylation is 2. The van der Waals surface area contributed by atoms with Crippen molar-refractivity contribution in [2.24, 2.45) is 0 Å². The molecule has 5 nitrogen and oxygen atoms in total. The Morgan fingerprint density at radius 2 is 1.15 bits per heavy atom. The minimum absolute atomic E-state index is 0.00231. The molecule has 3 aromatic rings. The van der Waals surface area contributed by atoms with E-state index in [4.69, 9.17) is 5.11 Å². The van der Waals surface area contributed by atoms with Crippen LogP contribution in [0.5, 0.6) is 0 Å². The van der Waals surface area contributed by atoms with Gasteiger partial charge in [-0.25, -0.2) is 9.95 Å². The first-order chi connectivity index (χ1) is 28.2. The summed E-state index contributed by atoms with van der Waals surface area (Å²) in [6.07, 6.45) is 15.0. The van der Waals surface area contributed by atoms with Gasteiger partial charge >= 0.3 is 18.3 Å². The first kappa shape index (κ1) is 52.2. The van der Waals surface area contributed by atoms with Crippen LogP contribution >= 0.6 is 24.8 Å². The van der Waals surface area contributed by atoms with E-state index in [1.807, 2.05) is 0 Å². The van der Waals surface area contributed by atoms with Crippen molar-refractivity contribution in [1.29, 1.82) is 0 Å². The molecular formula is C46H68F6N2O3S2. The quantitative estimate of drug-likeness (QED) is 0.0232. The molecule has 0 amide bonds. The number of anilines is 1. The molecule has 1 heterocycles. The van der Waals surface area contributed by atoms with E-state index in [1.165, 1.54) is 73.6 Å². The van der Waals surface area contributed by atoms with Crippen LogP contribution < -0.4 is 5.32 Å². The highest BCUT2D eigenvalue weighted by molar-refractivity contribution is 7.80. The van der Waals surface area contributed by atoms with Gasteiger partial charge in [-0.1, -0.05) is 159 Å². The SMILES string of the molecule is CCCCCCCCCCNc1ccc(-c2cc(CCCCCCCCCC(F)(F)F)ccc2CCCCCCCCCC(F)(F)F)cc1.O=C(O)c1c(S)o[nH]c1=S. The lowest BCUT2D eigenvalue weighted by Crippen LogP contribution is -2.06. The fourth-order valence-electron chi connectivity index (χ4n) is 7.07. The van der Waals surface area contributed by atoms with Crippen molar-refractivity contribution in [2.75, 3.05) is 11.9 Å². The number of H-pyrrole nitrogens is 1. The lowest BCUT2D eigenvalue weighted by Gasteiger charge is -2.14. The van der Waals surface area contributed by atoms with Crippen LogP contribution in [0.15, 0.2) is 52.1 Å². The average Bonchev–Trinajstić information content (AvgIpc) is 3.53. The molecule has 0 bridgehead atoms. The molecule has 3 N–H and O–H groups in total. The van der Waals surface area contributed by atoms with Crippen LogP contribution in [0.1, 0.15) is 183 Å². The maximum atomic E-state index is 12.4. The number of aromatic nitrogens is 1. The number of carbonyl (C=O) groups is 1. The zero-order valence-electron chi connectivity index (χ0n) is 35.0. The number of halogens is 6. The Hall–Kier alpha value is -2.93. The summed E-state index contributed by atoms with van der Waals surface area (Å²) >= 11 is 8.28. The van der Waals surface area contributed by atoms with Crippen molar-refractivity contribution in [1.82, 2.24) is 5.16 Å². The third-order valence-corrected chi connectivity index (χ3v) is 11.1. The summed E-state index contributed by atoms with van der Waals surface area (Å²) in [6, 6.07) is 15.7. The van der Waals surface area contributed by atoms with Gasteiger partial charge < -0.3 is 14.9 Å². The largest absolute Gasteiger partial charge is 0.477 e. The fraction of sp³-hybridized carbons (Fsp3) is 0.652. The summed E-state index contributed by atoms with van der Waals surface area (Å²) < 4.78 is 78.6. The smallest absolute Gasteiger partial charge is 0.389 e. The second-order valence-electron chi connectivity index (χ2n) is 15.7. The monoisotopic (exact) mass is 874 g/mol. The van der Waals surface area contributed by atoms with E-state index < -0.39 is 31.2 Å². The van der Waals surface area contributed by atoms with Gasteiger partial charge in [0.1, 0.15) is 5.56 Å². The van der Waals surface area contributed by atoms with Crippen LogP contribution in [0.25, 0.3) is 11.1 Å². The number of nitrogens with one attached hydrogen (secondary N) is 2. The van der Waals surface area contributed by atoms with E-state index in [1.54, 1.807) is 0 Å². The Morgan fingerprint density at radius 1 is 0.678 bits per heavy atom. The molecule has 2 aromatic carbocycles. The number of unbranched alkanes of at least 4 members (excludes halogenated alkanes) is 19. The van der Waals surface area contributed by atoms with Crippen LogP contribution in [0.3, 0.4) is 0 Å². The van der Waals surface area contributed by atoms with Crippen LogP contribution in [0, 0.1) is 4.64 Å². The second kappa shape index (κ2) is 30.2. The number of hydrogen-bond acceptors (Lipinski definition) is 5. The number of hydrogen-bond donors (Lipinski definition) is 4. The molecule has 0 fully saturated rings. The molecule has 0 spiro atoms. The number of alkyl halides is 6. The number of carboxylic acid groups (broad SMARTS) is 1. The van der Waals surface area contributed by atoms with E-state index in [-0.39, 0.29) is 28.1 Å². The van der Waals surface area contributed by atoms with Gasteiger partial charge in [0.05, 0.1) is 0 Å². The van der Waals surface area contributed by atoms with E-state index in [0.717, 1.165) is 89.3 Å². The first-order valence-corrected chi connectivity index (χ1v) is 22.8. The Morgan fingerprint density at radius 3 is 1.61 bits per heavy atom. The number of thiol groups is 1. The normalized spacial score (nSPS) is 11.7. The highest BCUT2D eigenvalue weighted by atomic mass is 32.1. The Balaban J connectivity index is 0.00000104. The molecule has 0 aliphatic carbocycles. The molecule has 0 saturated carbocycles. The van der Waals surface area contributed by atoms with Crippen molar-refractivity contribution in [2.45, 2.75) is 191 Å². The third-order valence-electron chi connectivity index (χ3n) is 10.5. The van der Waals surface area contributed by atoms with Gasteiger partial charge in [-0.15, -0.1) is 12.6 Å². The maximum Gasteiger partial charge on any atom is 0.389 e. The molecule has 0 aliphatic rings. The number of benzene rings is 2. The number of rotatable bonds is 30. The molecule has 0 saturated heterocycles. The first-order valence-electron chi connectivity index (χ1n) is 21.9. The zero-order valence-corrected chi connectivity index (χ0v) is 36.7. The summed E-state index contributed by atoms with van der Waals surface area (Å²) in [5, 5.41) is 14.2. The Labute approximate surface area is 359 Å². The van der Waals surface area contributed by atoms with Crippen LogP contribution in [0.4, 0.5) is 32.0 Å². The summed E-state index contributed by atoms with van der Waals surface area (Å²) in [5.74, 6) is -1.14. The van der Waals surface area contributed by atoms with Crippen LogP contribution in [-0.2, 0) is 12.8 Å². The molecule has 0 atom stereocenters. The lowest BCUT2D eigenvalue weighted by atomic mass is 9.92. The molecule has 0 aliphatic heterocycles. The number of carboxylic acids is 1. The highest BCUT2D eigenvalue weighted by Crippen LogP contribution is 2.30. The van der Waals surface area contributed by atoms with Gasteiger partial charge in [0, 0.05) is 25.1 Å². The Bertz CT molecular complexity index is 1610. The summed E-state index contributed by atoms with van der Waals surface area (Å²) in [7, 11) is 0. The minimum Gasteiger partial charge on any atom is -0.477 e. The van der Waals surface area contributed by atoms with E-state index in [0.29, 0.717) is 12.8 Å². The maximum absolute atomic E-state index is 12.4. The molecule has 3 rings (SSSR count). The van der Waals surface area contributed by atoms with Gasteiger partial charge in [0.15, 0.2) is 4.64 Å². The topological polar surface area (TPSA) is 78.3 Å². The van der Waals surface area contributed by atoms with E-state index in [9.17, 15) is 31.1 Å². The van der Waals surface area contributed by atoms with Crippen molar-refractivity contribution < 1.29 is 40.8 Å². The molecule has 0 radical (unpaired) electrons. The summed E-state index contributed by atoms with van der Waals surface area (Å²) in [4.78, 5) is 10.3. The average molecular weight is 875 g/mol. The molecule has 1 aromatic heterocycles. The molecule has 0 unspecified atom stereocenters. The standard InChI is InChI=1S/C42H65F6N.C4H3NO3S2/c1-2-3-4-5-6-13-18-23-34-49-39-30-28-38(29-31-39)40-35-36(24-19-14-9-7-11-16-21-32-41(43,44)45)26-27-37(40)25-20-15-10-8-12-17-22-33-42(46,47)48;6-3(7)1-2(9)5-8-4(1)10/h26-31,35,49H,2-25,32-34H2,1H3;10H,(H,5,9)(H,6,7). The molecule has 13 heteroatoms. The van der Waals surface area contributed by atoms with Crippen molar-refractivity contribution >= 4 is 36.5 Å². The summed E-state index contributed by atoms with van der Waals surface area (Å²) in [5.41, 5.74) is 6.21. The molecule has 334 valence electrons. The van der Waals surface area contributed by atoms with E-state index in [2.05, 4.69) is 89.2 Å². The fourth-order valence-corrected chi connectivity index (χ4v) is 7.62. The predicted octanol–water partition coefficient (Wildman–Crippen LogP) is 16.7. The van der Waals surface area contributed by atoms with Crippen molar-refractivity contribution in [3.05, 3.63) is 63.8 Å². The molecular weight excluding hydrogens is 807 g/mol. The van der Waals surface area contributed by atoms with Gasteiger partial charge in [0.25, 0.3) is 0 Å². The highest BCUT2D eigenvalue weighted by Gasteiger charge is 2.26. The summed E-state index contributed by atoms with van der Waals surface area (Å²) in [6.45, 7) is 3.25. The van der Waals surface area contributed by atoms with Gasteiger partial charge in [-0.05, 0) is 79.3 Å². The number of aromatic carboxylic acids is 1. The molecule has 59 heavy (non-hydrogen) atoms. The van der Waals surface area contributed by atoms with Crippen LogP contribution in [0.2, 0.25) is 0 Å². The Kier molecular flexibility index (Phi) is 26.7. The van der Waals surface area contributed by atoms with Gasteiger partial charge in [-0.3, -0.25) is 0 Å². The van der Waals surface area contributed by atoms with Crippen molar-refractivity contribution in [3.63, 3.8) is 0 Å². The second-order valence-corrected chi connectivity index (χ2v) is 16.5. The van der Waals surface area contributed by atoms with Crippen molar-refractivity contribution in [3.8, 4) is 11.1 Å². The zero-order chi connectivity index (χ0) is 43.4. The van der Waals surface area contributed by atoms with Crippen LogP contribution in [-0.4, -0.2) is 35.1 Å². The van der Waals surface area contributed by atoms with Gasteiger partial charge in [-0.2, -0.15) is 26.3 Å².